The van der Waals surface area contributed by atoms with Crippen LogP contribution in [0.15, 0.2) is 48.6 Å². The first-order valence-corrected chi connectivity index (χ1v) is 10.2. The predicted octanol–water partition coefficient (Wildman–Crippen LogP) is 4.89. The molecule has 31 heavy (non-hydrogen) atoms. The van der Waals surface area contributed by atoms with E-state index in [1.807, 2.05) is 6.07 Å². The van der Waals surface area contributed by atoms with E-state index in [-0.39, 0.29) is 23.2 Å². The number of anilines is 1. The molecular weight excluding hydrogens is 437 g/mol. The molecule has 0 radical (unpaired) electrons. The second-order valence-electron chi connectivity index (χ2n) is 7.43. The SMILES string of the molecule is C=C(C#N)CN(C(=O)OC(C)(C)C)c1cccc2ccc(OS(=O)(=O)C(F)(F)F)cc12. The van der Waals surface area contributed by atoms with Gasteiger partial charge in [-0.25, -0.2) is 4.79 Å². The molecule has 0 aliphatic rings. The van der Waals surface area contributed by atoms with Crippen molar-refractivity contribution in [2.24, 2.45) is 0 Å². The summed E-state index contributed by atoms with van der Waals surface area (Å²) in [5.41, 5.74) is -6.29. The van der Waals surface area contributed by atoms with Gasteiger partial charge in [-0.3, -0.25) is 4.90 Å². The summed E-state index contributed by atoms with van der Waals surface area (Å²) in [4.78, 5) is 13.9. The molecular formula is C20H19F3N2O5S. The van der Waals surface area contributed by atoms with E-state index in [1.165, 1.54) is 12.1 Å². The van der Waals surface area contributed by atoms with Crippen LogP contribution in [0.3, 0.4) is 0 Å². The van der Waals surface area contributed by atoms with Crippen molar-refractivity contribution < 1.29 is 35.3 Å². The Labute approximate surface area is 177 Å². The van der Waals surface area contributed by atoms with Gasteiger partial charge in [0.2, 0.25) is 0 Å². The fourth-order valence-electron chi connectivity index (χ4n) is 2.49. The van der Waals surface area contributed by atoms with Crippen molar-refractivity contribution in [3.05, 3.63) is 48.6 Å². The Bertz CT molecular complexity index is 1160. The van der Waals surface area contributed by atoms with E-state index in [1.54, 1.807) is 32.9 Å². The molecule has 1 amide bonds. The van der Waals surface area contributed by atoms with E-state index in [9.17, 15) is 26.4 Å². The number of amides is 1. The molecule has 2 aromatic carbocycles. The van der Waals surface area contributed by atoms with Gasteiger partial charge < -0.3 is 8.92 Å². The Morgan fingerprint density at radius 1 is 1.19 bits per heavy atom. The highest BCUT2D eigenvalue weighted by atomic mass is 32.2. The third kappa shape index (κ3) is 5.88. The smallest absolute Gasteiger partial charge is 0.443 e. The normalized spacial score (nSPS) is 12.2. The molecule has 0 N–H and O–H groups in total. The monoisotopic (exact) mass is 456 g/mol. The summed E-state index contributed by atoms with van der Waals surface area (Å²) in [5, 5.41) is 9.76. The number of nitriles is 1. The summed E-state index contributed by atoms with van der Waals surface area (Å²) < 4.78 is 70.2. The lowest BCUT2D eigenvalue weighted by molar-refractivity contribution is -0.0500. The van der Waals surface area contributed by atoms with E-state index in [0.717, 1.165) is 17.0 Å². The molecule has 0 saturated carbocycles. The number of benzene rings is 2. The van der Waals surface area contributed by atoms with E-state index in [0.29, 0.717) is 5.39 Å². The number of halogens is 3. The molecule has 0 bridgehead atoms. The third-order valence-electron chi connectivity index (χ3n) is 3.73. The van der Waals surface area contributed by atoms with Crippen molar-refractivity contribution in [1.29, 1.82) is 5.26 Å². The quantitative estimate of drug-likeness (QED) is 0.361. The maximum absolute atomic E-state index is 12.8. The summed E-state index contributed by atoms with van der Waals surface area (Å²) >= 11 is 0. The van der Waals surface area contributed by atoms with Crippen molar-refractivity contribution in [1.82, 2.24) is 0 Å². The van der Waals surface area contributed by atoms with E-state index < -0.39 is 33.1 Å². The van der Waals surface area contributed by atoms with E-state index in [2.05, 4.69) is 10.8 Å². The maximum Gasteiger partial charge on any atom is 0.534 e. The van der Waals surface area contributed by atoms with Gasteiger partial charge in [-0.15, -0.1) is 0 Å². The standard InChI is InChI=1S/C20H19F3N2O5S/c1-13(11-24)12-25(18(26)29-19(2,3)4)17-7-5-6-14-8-9-15(10-16(14)17)30-31(27,28)20(21,22)23/h5-10H,1,12H2,2-4H3. The molecule has 0 spiro atoms. The van der Waals surface area contributed by atoms with Crippen LogP contribution in [0.2, 0.25) is 0 Å². The summed E-state index contributed by atoms with van der Waals surface area (Å²) in [6.45, 7) is 8.21. The number of alkyl halides is 3. The largest absolute Gasteiger partial charge is 0.534 e. The predicted molar refractivity (Wildman–Crippen MR) is 108 cm³/mol. The molecule has 0 saturated heterocycles. The Morgan fingerprint density at radius 3 is 2.39 bits per heavy atom. The van der Waals surface area contributed by atoms with Crippen molar-refractivity contribution in [2.75, 3.05) is 11.4 Å². The minimum atomic E-state index is -5.88. The topological polar surface area (TPSA) is 96.7 Å². The first-order valence-electron chi connectivity index (χ1n) is 8.76. The molecule has 0 fully saturated rings. The minimum absolute atomic E-state index is 0.0231. The molecule has 0 unspecified atom stereocenters. The minimum Gasteiger partial charge on any atom is -0.443 e. The van der Waals surface area contributed by atoms with E-state index >= 15 is 0 Å². The molecule has 2 rings (SSSR count). The lowest BCUT2D eigenvalue weighted by Crippen LogP contribution is -2.38. The first-order chi connectivity index (χ1) is 14.1. The first kappa shape index (κ1) is 24.0. The van der Waals surface area contributed by atoms with Crippen LogP contribution in [-0.2, 0) is 14.9 Å². The highest BCUT2D eigenvalue weighted by Gasteiger charge is 2.48. The summed E-state index contributed by atoms with van der Waals surface area (Å²) in [6.07, 6.45) is -0.828. The van der Waals surface area contributed by atoms with Gasteiger partial charge in [-0.05, 0) is 44.4 Å². The van der Waals surface area contributed by atoms with Crippen LogP contribution in [0.25, 0.3) is 10.8 Å². The zero-order chi connectivity index (χ0) is 23.6. The zero-order valence-electron chi connectivity index (χ0n) is 16.9. The van der Waals surface area contributed by atoms with Gasteiger partial charge in [-0.1, -0.05) is 24.8 Å². The van der Waals surface area contributed by atoms with E-state index in [4.69, 9.17) is 10.00 Å². The molecule has 11 heteroatoms. The van der Waals surface area contributed by atoms with Crippen molar-refractivity contribution >= 4 is 32.7 Å². The maximum atomic E-state index is 12.8. The fourth-order valence-corrected chi connectivity index (χ4v) is 2.94. The van der Waals surface area contributed by atoms with Gasteiger partial charge in [-0.2, -0.15) is 26.9 Å². The van der Waals surface area contributed by atoms with Crippen molar-refractivity contribution in [2.45, 2.75) is 31.9 Å². The average molecular weight is 456 g/mol. The Morgan fingerprint density at radius 2 is 1.84 bits per heavy atom. The molecule has 7 nitrogen and oxygen atoms in total. The lowest BCUT2D eigenvalue weighted by Gasteiger charge is -2.28. The van der Waals surface area contributed by atoms with Gasteiger partial charge in [0.15, 0.2) is 0 Å². The Kier molecular flexibility index (Phi) is 6.56. The van der Waals surface area contributed by atoms with Gasteiger partial charge in [0.25, 0.3) is 0 Å². The van der Waals surface area contributed by atoms with Crippen LogP contribution >= 0.6 is 0 Å². The van der Waals surface area contributed by atoms with Gasteiger partial charge in [0, 0.05) is 11.0 Å². The molecule has 0 atom stereocenters. The lowest BCUT2D eigenvalue weighted by atomic mass is 10.1. The van der Waals surface area contributed by atoms with Gasteiger partial charge in [0.1, 0.15) is 11.4 Å². The van der Waals surface area contributed by atoms with Crippen LogP contribution in [0.4, 0.5) is 23.7 Å². The molecule has 0 aliphatic carbocycles. The van der Waals surface area contributed by atoms with Crippen LogP contribution in [-0.4, -0.2) is 32.2 Å². The van der Waals surface area contributed by atoms with Crippen LogP contribution in [0.5, 0.6) is 5.75 Å². The highest BCUT2D eigenvalue weighted by molar-refractivity contribution is 7.88. The van der Waals surface area contributed by atoms with Crippen LogP contribution in [0, 0.1) is 11.3 Å². The highest BCUT2D eigenvalue weighted by Crippen LogP contribution is 2.34. The van der Waals surface area contributed by atoms with Crippen LogP contribution in [0.1, 0.15) is 20.8 Å². The van der Waals surface area contributed by atoms with Gasteiger partial charge >= 0.3 is 21.7 Å². The number of ether oxygens (including phenoxy) is 1. The van der Waals surface area contributed by atoms with Crippen molar-refractivity contribution in [3.63, 3.8) is 0 Å². The Hall–Kier alpha value is -3.26. The van der Waals surface area contributed by atoms with Gasteiger partial charge in [0.05, 0.1) is 18.3 Å². The average Bonchev–Trinajstić information content (AvgIpc) is 2.62. The summed E-state index contributed by atoms with van der Waals surface area (Å²) in [5.74, 6) is -0.597. The number of hydrogen-bond acceptors (Lipinski definition) is 6. The molecule has 166 valence electrons. The number of fused-ring (bicyclic) bond motifs is 1. The molecule has 2 aromatic rings. The number of hydrogen-bond donors (Lipinski definition) is 0. The zero-order valence-corrected chi connectivity index (χ0v) is 17.7. The van der Waals surface area contributed by atoms with Crippen LogP contribution < -0.4 is 9.08 Å². The molecule has 0 heterocycles. The molecule has 0 aliphatic heterocycles. The number of nitrogens with zero attached hydrogens (tertiary/aromatic N) is 2. The Balaban J connectivity index is 2.60. The number of carbonyl (C=O) groups excluding carboxylic acids is 1. The number of rotatable bonds is 5. The summed E-state index contributed by atoms with van der Waals surface area (Å²) in [6, 6.07) is 9.93. The second kappa shape index (κ2) is 8.47. The van der Waals surface area contributed by atoms with Crippen molar-refractivity contribution in [3.8, 4) is 11.8 Å². The summed E-state index contributed by atoms with van der Waals surface area (Å²) in [7, 11) is -5.88. The molecule has 0 aromatic heterocycles. The third-order valence-corrected chi connectivity index (χ3v) is 4.71. The number of carbonyl (C=O) groups is 1. The second-order valence-corrected chi connectivity index (χ2v) is 8.96. The fraction of sp³-hybridized carbons (Fsp3) is 0.300.